The molecule has 0 N–H and O–H groups in total. The van der Waals surface area contributed by atoms with Crippen molar-refractivity contribution in [3.8, 4) is 11.1 Å². The largest absolute Gasteiger partial charge is 0.308 e. The van der Waals surface area contributed by atoms with Gasteiger partial charge in [-0.1, -0.05) is 84.9 Å². The van der Waals surface area contributed by atoms with Crippen molar-refractivity contribution >= 4 is 23.2 Å². The lowest BCUT2D eigenvalue weighted by molar-refractivity contribution is -0.113. The average molecular weight is 434 g/mol. The minimum atomic E-state index is -0.294. The molecule has 0 atom stereocenters. The summed E-state index contributed by atoms with van der Waals surface area (Å²) < 4.78 is 13.5. The highest BCUT2D eigenvalue weighted by Crippen LogP contribution is 2.31. The van der Waals surface area contributed by atoms with Crippen molar-refractivity contribution in [2.24, 2.45) is 0 Å². The molecule has 0 unspecified atom stereocenters. The van der Waals surface area contributed by atoms with Crippen LogP contribution in [0.1, 0.15) is 23.1 Å². The Hall–Kier alpha value is -3.98. The zero-order chi connectivity index (χ0) is 22.6. The van der Waals surface area contributed by atoms with Crippen LogP contribution in [-0.4, -0.2) is 12.5 Å². The second-order valence-corrected chi connectivity index (χ2v) is 8.24. The second-order valence-electron chi connectivity index (χ2n) is 8.24. The van der Waals surface area contributed by atoms with E-state index in [0.29, 0.717) is 12.1 Å². The van der Waals surface area contributed by atoms with Gasteiger partial charge in [0.25, 0.3) is 5.91 Å². The van der Waals surface area contributed by atoms with Crippen LogP contribution >= 0.6 is 0 Å². The first-order valence-electron chi connectivity index (χ1n) is 11.2. The van der Waals surface area contributed by atoms with Crippen LogP contribution in [0.3, 0.4) is 0 Å². The van der Waals surface area contributed by atoms with E-state index >= 15 is 0 Å². The molecule has 33 heavy (non-hydrogen) atoms. The monoisotopic (exact) mass is 433 g/mol. The van der Waals surface area contributed by atoms with E-state index in [4.69, 9.17) is 0 Å². The van der Waals surface area contributed by atoms with Gasteiger partial charge in [0.05, 0.1) is 0 Å². The third-order valence-corrected chi connectivity index (χ3v) is 6.07. The highest BCUT2D eigenvalue weighted by Gasteiger charge is 2.25. The van der Waals surface area contributed by atoms with E-state index in [9.17, 15) is 9.18 Å². The van der Waals surface area contributed by atoms with E-state index in [-0.39, 0.29) is 11.7 Å². The number of benzene rings is 4. The third-order valence-electron chi connectivity index (χ3n) is 6.07. The molecule has 1 heterocycles. The minimum absolute atomic E-state index is 0.0427. The molecule has 162 valence electrons. The lowest BCUT2D eigenvalue weighted by atomic mass is 9.96. The molecule has 5 rings (SSSR count). The predicted octanol–water partition coefficient (Wildman–Crippen LogP) is 7.01. The normalized spacial score (nSPS) is 13.5. The van der Waals surface area contributed by atoms with Crippen molar-refractivity contribution < 1.29 is 9.18 Å². The number of hydrogen-bond acceptors (Lipinski definition) is 1. The van der Waals surface area contributed by atoms with Crippen molar-refractivity contribution in [3.05, 3.63) is 126 Å². The molecule has 1 aliphatic rings. The summed E-state index contributed by atoms with van der Waals surface area (Å²) in [5, 5.41) is 0. The summed E-state index contributed by atoms with van der Waals surface area (Å²) in [7, 11) is 0. The van der Waals surface area contributed by atoms with Gasteiger partial charge >= 0.3 is 0 Å². The van der Waals surface area contributed by atoms with Gasteiger partial charge in [-0.25, -0.2) is 4.39 Å². The molecule has 4 aromatic rings. The SMILES string of the molecule is O=C(/C(=C\c1ccc(F)cc1)c1ccc(-c2ccccc2)cc1)N1CCCc2ccccc21. The number of amides is 1. The Morgan fingerprint density at radius 1 is 0.758 bits per heavy atom. The Morgan fingerprint density at radius 2 is 1.42 bits per heavy atom. The molecule has 0 bridgehead atoms. The molecule has 0 radical (unpaired) electrons. The lowest BCUT2D eigenvalue weighted by Gasteiger charge is -2.30. The zero-order valence-corrected chi connectivity index (χ0v) is 18.2. The molecule has 2 nitrogen and oxygen atoms in total. The number of fused-ring (bicyclic) bond motifs is 1. The highest BCUT2D eigenvalue weighted by atomic mass is 19.1. The molecule has 1 aliphatic heterocycles. The molecule has 0 saturated heterocycles. The van der Waals surface area contributed by atoms with Gasteiger partial charge in [0, 0.05) is 17.8 Å². The Bertz CT molecular complexity index is 1290. The van der Waals surface area contributed by atoms with Crippen molar-refractivity contribution in [1.29, 1.82) is 0 Å². The number of anilines is 1. The number of rotatable bonds is 4. The number of halogens is 1. The van der Waals surface area contributed by atoms with E-state index in [0.717, 1.165) is 40.8 Å². The first kappa shape index (κ1) is 20.9. The average Bonchev–Trinajstić information content (AvgIpc) is 2.88. The van der Waals surface area contributed by atoms with Gasteiger partial charge in [-0.3, -0.25) is 4.79 Å². The summed E-state index contributed by atoms with van der Waals surface area (Å²) in [4.78, 5) is 15.7. The molecule has 0 spiro atoms. The Kier molecular flexibility index (Phi) is 5.86. The maximum absolute atomic E-state index is 13.9. The smallest absolute Gasteiger partial charge is 0.258 e. The van der Waals surface area contributed by atoms with Crippen LogP contribution in [0.2, 0.25) is 0 Å². The van der Waals surface area contributed by atoms with Crippen LogP contribution in [0.15, 0.2) is 103 Å². The van der Waals surface area contributed by atoms with Gasteiger partial charge in [-0.05, 0) is 64.9 Å². The molecule has 0 saturated carbocycles. The van der Waals surface area contributed by atoms with Crippen LogP contribution in [0.5, 0.6) is 0 Å². The maximum atomic E-state index is 13.9. The van der Waals surface area contributed by atoms with Gasteiger partial charge in [-0.15, -0.1) is 0 Å². The van der Waals surface area contributed by atoms with Crippen LogP contribution in [0.25, 0.3) is 22.8 Å². The van der Waals surface area contributed by atoms with Crippen molar-refractivity contribution in [3.63, 3.8) is 0 Å². The Morgan fingerprint density at radius 3 is 2.18 bits per heavy atom. The molecule has 1 amide bonds. The first-order chi connectivity index (χ1) is 16.2. The summed E-state index contributed by atoms with van der Waals surface area (Å²) in [6.45, 7) is 0.679. The first-order valence-corrected chi connectivity index (χ1v) is 11.2. The third kappa shape index (κ3) is 4.49. The van der Waals surface area contributed by atoms with Crippen molar-refractivity contribution in [2.45, 2.75) is 12.8 Å². The van der Waals surface area contributed by atoms with Crippen LogP contribution in [-0.2, 0) is 11.2 Å². The molecule has 0 aromatic heterocycles. The number of nitrogens with zero attached hydrogens (tertiary/aromatic N) is 1. The summed E-state index contributed by atoms with van der Waals surface area (Å²) in [6, 6.07) is 32.6. The second kappa shape index (κ2) is 9.25. The molecule has 4 aromatic carbocycles. The Labute approximate surface area is 193 Å². The number of carbonyl (C=O) groups excluding carboxylic acids is 1. The van der Waals surface area contributed by atoms with Gasteiger partial charge in [0.2, 0.25) is 0 Å². The van der Waals surface area contributed by atoms with Crippen LogP contribution < -0.4 is 4.90 Å². The number of aryl methyl sites for hydroxylation is 1. The van der Waals surface area contributed by atoms with Gasteiger partial charge in [-0.2, -0.15) is 0 Å². The van der Waals surface area contributed by atoms with Crippen LogP contribution in [0.4, 0.5) is 10.1 Å². The number of para-hydroxylation sites is 1. The van der Waals surface area contributed by atoms with Gasteiger partial charge < -0.3 is 4.90 Å². The fraction of sp³-hybridized carbons (Fsp3) is 0.100. The molecule has 3 heteroatoms. The summed E-state index contributed by atoms with van der Waals surface area (Å²) in [6.07, 6.45) is 3.76. The summed E-state index contributed by atoms with van der Waals surface area (Å²) in [5.41, 5.74) is 6.61. The Balaban J connectivity index is 1.56. The predicted molar refractivity (Wildman–Crippen MR) is 133 cm³/mol. The molecule has 0 fully saturated rings. The molecule has 0 aliphatic carbocycles. The number of hydrogen-bond donors (Lipinski definition) is 0. The van der Waals surface area contributed by atoms with E-state index < -0.39 is 0 Å². The lowest BCUT2D eigenvalue weighted by Crippen LogP contribution is -2.36. The van der Waals surface area contributed by atoms with E-state index in [1.54, 1.807) is 12.1 Å². The van der Waals surface area contributed by atoms with Crippen LogP contribution in [0, 0.1) is 5.82 Å². The summed E-state index contributed by atoms with van der Waals surface area (Å²) >= 11 is 0. The number of carbonyl (C=O) groups is 1. The topological polar surface area (TPSA) is 20.3 Å². The van der Waals surface area contributed by atoms with Gasteiger partial charge in [0.1, 0.15) is 5.82 Å². The fourth-order valence-corrected chi connectivity index (χ4v) is 4.36. The summed E-state index contributed by atoms with van der Waals surface area (Å²) in [5.74, 6) is -0.337. The standard InChI is InChI=1S/C30H24FNO/c31-27-18-12-22(13-19-27)21-28(25-16-14-24(15-17-25)23-7-2-1-3-8-23)30(33)32-20-6-10-26-9-4-5-11-29(26)32/h1-5,7-9,11-19,21H,6,10,20H2/b28-21-. The van der Waals surface area contributed by atoms with Crippen molar-refractivity contribution in [2.75, 3.05) is 11.4 Å². The quantitative estimate of drug-likeness (QED) is 0.250. The van der Waals surface area contributed by atoms with E-state index in [1.165, 1.54) is 17.7 Å². The van der Waals surface area contributed by atoms with Gasteiger partial charge in [0.15, 0.2) is 0 Å². The fourth-order valence-electron chi connectivity index (χ4n) is 4.36. The minimum Gasteiger partial charge on any atom is -0.308 e. The maximum Gasteiger partial charge on any atom is 0.258 e. The molecular formula is C30H24FNO. The van der Waals surface area contributed by atoms with E-state index in [2.05, 4.69) is 18.2 Å². The van der Waals surface area contributed by atoms with E-state index in [1.807, 2.05) is 71.6 Å². The zero-order valence-electron chi connectivity index (χ0n) is 18.2. The molecular weight excluding hydrogens is 409 g/mol. The highest BCUT2D eigenvalue weighted by molar-refractivity contribution is 6.30. The van der Waals surface area contributed by atoms with Crippen molar-refractivity contribution in [1.82, 2.24) is 0 Å².